The van der Waals surface area contributed by atoms with Crippen molar-refractivity contribution in [3.8, 4) is 11.6 Å². The van der Waals surface area contributed by atoms with Crippen molar-refractivity contribution in [2.45, 2.75) is 25.0 Å². The van der Waals surface area contributed by atoms with Gasteiger partial charge in [0.15, 0.2) is 0 Å². The molecule has 1 atom stereocenters. The Labute approximate surface area is 162 Å². The van der Waals surface area contributed by atoms with Crippen LogP contribution in [0.4, 0.5) is 0 Å². The third-order valence-electron chi connectivity index (χ3n) is 5.06. The molecule has 0 unspecified atom stereocenters. The number of nitrogens with zero attached hydrogens (tertiary/aromatic N) is 4. The molecular weight excluding hydrogens is 358 g/mol. The van der Waals surface area contributed by atoms with Gasteiger partial charge in [0.1, 0.15) is 12.7 Å². The number of hydrogen-bond donors (Lipinski definition) is 2. The lowest BCUT2D eigenvalue weighted by atomic mass is 9.75. The highest BCUT2D eigenvalue weighted by molar-refractivity contribution is 5.95. The third kappa shape index (κ3) is 3.72. The minimum atomic E-state index is -0.312. The second-order valence-corrected chi connectivity index (χ2v) is 6.89. The number of aromatic nitrogens is 4. The van der Waals surface area contributed by atoms with Crippen LogP contribution >= 0.6 is 0 Å². The molecule has 0 saturated heterocycles. The quantitative estimate of drug-likeness (QED) is 0.678. The Morgan fingerprint density at radius 2 is 2.04 bits per heavy atom. The molecule has 8 heteroatoms. The number of benzene rings is 1. The Hall–Kier alpha value is -3.26. The predicted octanol–water partition coefficient (Wildman–Crippen LogP) is 1.91. The number of methoxy groups -OCH3 is 1. The molecule has 28 heavy (non-hydrogen) atoms. The van der Waals surface area contributed by atoms with Gasteiger partial charge in [-0.2, -0.15) is 0 Å². The van der Waals surface area contributed by atoms with Gasteiger partial charge in [0, 0.05) is 23.5 Å². The van der Waals surface area contributed by atoms with Gasteiger partial charge in [0.2, 0.25) is 5.88 Å². The molecule has 4 rings (SSSR count). The normalized spacial score (nSPS) is 19.5. The van der Waals surface area contributed by atoms with Crippen molar-refractivity contribution in [3.63, 3.8) is 0 Å². The molecule has 8 nitrogen and oxygen atoms in total. The summed E-state index contributed by atoms with van der Waals surface area (Å²) in [5.74, 6) is 0.497. The van der Waals surface area contributed by atoms with Gasteiger partial charge in [0.05, 0.1) is 19.3 Å². The summed E-state index contributed by atoms with van der Waals surface area (Å²) in [7, 11) is 1.56. The number of rotatable bonds is 6. The second-order valence-electron chi connectivity index (χ2n) is 6.89. The van der Waals surface area contributed by atoms with Gasteiger partial charge in [-0.05, 0) is 42.5 Å². The number of aliphatic hydroxyl groups excluding tert-OH is 1. The zero-order valence-electron chi connectivity index (χ0n) is 15.4. The van der Waals surface area contributed by atoms with Crippen LogP contribution in [0.1, 0.15) is 34.8 Å². The van der Waals surface area contributed by atoms with E-state index in [-0.39, 0.29) is 24.0 Å². The standard InChI is InChI=1S/C20H21N5O3/c1-28-18-6-5-14(10-21-18)19(15-8-17(26)9-15)24-20(27)13-3-2-4-16(7-13)25-11-22-23-12-25/h2-7,10-12,15,17,19,26H,8-9H2,1H3,(H,24,27)/t15?,17?,19-/m1/s1. The topological polar surface area (TPSA) is 102 Å². The monoisotopic (exact) mass is 379 g/mol. The lowest BCUT2D eigenvalue weighted by molar-refractivity contribution is 0.0234. The van der Waals surface area contributed by atoms with Crippen molar-refractivity contribution in [1.82, 2.24) is 25.1 Å². The fourth-order valence-corrected chi connectivity index (χ4v) is 3.44. The van der Waals surface area contributed by atoms with E-state index in [4.69, 9.17) is 4.74 Å². The van der Waals surface area contributed by atoms with Crippen molar-refractivity contribution in [2.24, 2.45) is 5.92 Å². The second kappa shape index (κ2) is 7.77. The van der Waals surface area contributed by atoms with Crippen LogP contribution in [-0.2, 0) is 0 Å². The van der Waals surface area contributed by atoms with Crippen LogP contribution in [0.25, 0.3) is 5.69 Å². The summed E-state index contributed by atoms with van der Waals surface area (Å²) in [5.41, 5.74) is 2.23. The molecule has 144 valence electrons. The van der Waals surface area contributed by atoms with Crippen LogP contribution in [0.5, 0.6) is 5.88 Å². The first-order valence-corrected chi connectivity index (χ1v) is 9.08. The summed E-state index contributed by atoms with van der Waals surface area (Å²) in [6.07, 6.45) is 5.86. The van der Waals surface area contributed by atoms with E-state index in [0.717, 1.165) is 11.3 Å². The summed E-state index contributed by atoms with van der Waals surface area (Å²) < 4.78 is 6.85. The van der Waals surface area contributed by atoms with E-state index in [2.05, 4.69) is 20.5 Å². The maximum absolute atomic E-state index is 12.9. The van der Waals surface area contributed by atoms with Crippen LogP contribution in [-0.4, -0.2) is 44.0 Å². The Bertz CT molecular complexity index is 937. The zero-order chi connectivity index (χ0) is 19.5. The van der Waals surface area contributed by atoms with Crippen LogP contribution < -0.4 is 10.1 Å². The fourth-order valence-electron chi connectivity index (χ4n) is 3.44. The summed E-state index contributed by atoms with van der Waals surface area (Å²) in [6.45, 7) is 0. The maximum Gasteiger partial charge on any atom is 0.251 e. The molecule has 1 aliphatic rings. The number of aliphatic hydroxyl groups is 1. The summed E-state index contributed by atoms with van der Waals surface area (Å²) >= 11 is 0. The Kier molecular flexibility index (Phi) is 5.03. The molecule has 1 amide bonds. The molecule has 2 heterocycles. The lowest BCUT2D eigenvalue weighted by Gasteiger charge is -2.38. The predicted molar refractivity (Wildman–Crippen MR) is 101 cm³/mol. The average Bonchev–Trinajstić information content (AvgIpc) is 3.25. The first-order chi connectivity index (χ1) is 13.6. The molecule has 2 aromatic heterocycles. The van der Waals surface area contributed by atoms with Crippen LogP contribution in [0, 0.1) is 5.92 Å². The largest absolute Gasteiger partial charge is 0.481 e. The van der Waals surface area contributed by atoms with Crippen LogP contribution in [0.2, 0.25) is 0 Å². The highest BCUT2D eigenvalue weighted by Gasteiger charge is 2.36. The molecule has 1 fully saturated rings. The van der Waals surface area contributed by atoms with Crippen molar-refractivity contribution >= 4 is 5.91 Å². The van der Waals surface area contributed by atoms with Gasteiger partial charge in [0.25, 0.3) is 5.91 Å². The van der Waals surface area contributed by atoms with E-state index < -0.39 is 0 Å². The number of pyridine rings is 1. The Morgan fingerprint density at radius 1 is 1.25 bits per heavy atom. The molecule has 0 spiro atoms. The van der Waals surface area contributed by atoms with E-state index in [1.54, 1.807) is 48.7 Å². The molecule has 1 saturated carbocycles. The SMILES string of the molecule is COc1ccc([C@@H](NC(=O)c2cccc(-n3cnnc3)c2)C2CC(O)C2)cn1. The van der Waals surface area contributed by atoms with E-state index >= 15 is 0 Å². The summed E-state index contributed by atoms with van der Waals surface area (Å²) in [6, 6.07) is 10.7. The molecule has 0 bridgehead atoms. The first-order valence-electron chi connectivity index (χ1n) is 9.08. The van der Waals surface area contributed by atoms with Gasteiger partial charge in [-0.15, -0.1) is 10.2 Å². The number of hydrogen-bond acceptors (Lipinski definition) is 6. The molecule has 1 aromatic carbocycles. The Balaban J connectivity index is 1.56. The van der Waals surface area contributed by atoms with Gasteiger partial charge in [-0.25, -0.2) is 4.98 Å². The highest BCUT2D eigenvalue weighted by Crippen LogP contribution is 2.38. The molecule has 0 aliphatic heterocycles. The number of carbonyl (C=O) groups is 1. The smallest absolute Gasteiger partial charge is 0.251 e. The van der Waals surface area contributed by atoms with Gasteiger partial charge >= 0.3 is 0 Å². The minimum Gasteiger partial charge on any atom is -0.481 e. The fraction of sp³-hybridized carbons (Fsp3) is 0.300. The van der Waals surface area contributed by atoms with Crippen LogP contribution in [0.15, 0.2) is 55.2 Å². The number of amides is 1. The van der Waals surface area contributed by atoms with Gasteiger partial charge in [-0.3, -0.25) is 9.36 Å². The van der Waals surface area contributed by atoms with Crippen molar-refractivity contribution in [1.29, 1.82) is 0 Å². The first kappa shape index (κ1) is 18.1. The molecule has 3 aromatic rings. The minimum absolute atomic E-state index is 0.162. The molecule has 1 aliphatic carbocycles. The third-order valence-corrected chi connectivity index (χ3v) is 5.06. The van der Waals surface area contributed by atoms with Crippen molar-refractivity contribution in [2.75, 3.05) is 7.11 Å². The van der Waals surface area contributed by atoms with E-state index in [0.29, 0.717) is 24.3 Å². The zero-order valence-corrected chi connectivity index (χ0v) is 15.4. The molecular formula is C20H21N5O3. The molecule has 0 radical (unpaired) electrons. The van der Waals surface area contributed by atoms with Gasteiger partial charge in [-0.1, -0.05) is 12.1 Å². The number of nitrogens with one attached hydrogen (secondary N) is 1. The summed E-state index contributed by atoms with van der Waals surface area (Å²) in [4.78, 5) is 17.2. The van der Waals surface area contributed by atoms with E-state index in [9.17, 15) is 9.90 Å². The van der Waals surface area contributed by atoms with E-state index in [1.165, 1.54) is 0 Å². The summed E-state index contributed by atoms with van der Waals surface area (Å²) in [5, 5.41) is 20.4. The van der Waals surface area contributed by atoms with Gasteiger partial charge < -0.3 is 15.2 Å². The maximum atomic E-state index is 12.9. The van der Waals surface area contributed by atoms with Crippen molar-refractivity contribution in [3.05, 3.63) is 66.4 Å². The lowest BCUT2D eigenvalue weighted by Crippen LogP contribution is -2.41. The molecule has 2 N–H and O–H groups in total. The average molecular weight is 379 g/mol. The highest BCUT2D eigenvalue weighted by atomic mass is 16.5. The Morgan fingerprint density at radius 3 is 2.68 bits per heavy atom. The van der Waals surface area contributed by atoms with Crippen molar-refractivity contribution < 1.29 is 14.6 Å². The number of ether oxygens (including phenoxy) is 1. The van der Waals surface area contributed by atoms with Crippen LogP contribution in [0.3, 0.4) is 0 Å². The number of carbonyl (C=O) groups excluding carboxylic acids is 1. The van der Waals surface area contributed by atoms with E-state index in [1.807, 2.05) is 18.2 Å².